The number of hydrogen-bond acceptors (Lipinski definition) is 6. The molecule has 1 saturated heterocycles. The maximum Gasteiger partial charge on any atom is 0.238 e. The minimum Gasteiger partial charge on any atom is -0.493 e. The van der Waals surface area contributed by atoms with E-state index in [0.29, 0.717) is 36.9 Å². The summed E-state index contributed by atoms with van der Waals surface area (Å²) >= 11 is 0. The molecule has 1 amide bonds. The fourth-order valence-corrected chi connectivity index (χ4v) is 3.96. The molecule has 2 aromatic carbocycles. The van der Waals surface area contributed by atoms with Crippen molar-refractivity contribution in [1.82, 2.24) is 4.90 Å². The first kappa shape index (κ1) is 19.4. The van der Waals surface area contributed by atoms with Gasteiger partial charge in [-0.25, -0.2) is 0 Å². The molecule has 2 heterocycles. The number of likely N-dealkylation sites (tertiary alicyclic amines) is 1. The molecule has 4 rings (SSSR count). The van der Waals surface area contributed by atoms with E-state index in [0.717, 1.165) is 36.4 Å². The lowest BCUT2D eigenvalue weighted by Crippen LogP contribution is -2.33. The van der Waals surface area contributed by atoms with Gasteiger partial charge in [-0.2, -0.15) is 0 Å². The number of anilines is 1. The van der Waals surface area contributed by atoms with Gasteiger partial charge in [0.25, 0.3) is 0 Å². The Morgan fingerprint density at radius 1 is 1.07 bits per heavy atom. The van der Waals surface area contributed by atoms with E-state index in [4.69, 9.17) is 18.9 Å². The number of rotatable bonds is 6. The van der Waals surface area contributed by atoms with Crippen LogP contribution in [-0.2, 0) is 4.79 Å². The lowest BCUT2D eigenvalue weighted by molar-refractivity contribution is -0.117. The fraction of sp³-hybridized carbons (Fsp3) is 0.409. The number of amides is 1. The zero-order chi connectivity index (χ0) is 20.2. The molecule has 0 unspecified atom stereocenters. The van der Waals surface area contributed by atoms with E-state index in [1.54, 1.807) is 26.4 Å². The summed E-state index contributed by atoms with van der Waals surface area (Å²) in [7, 11) is 3.16. The Labute approximate surface area is 170 Å². The van der Waals surface area contributed by atoms with Gasteiger partial charge >= 0.3 is 0 Å². The number of carbonyl (C=O) groups is 1. The molecular formula is C22H26N2O5. The topological polar surface area (TPSA) is 69.3 Å². The number of nitrogens with one attached hydrogen (secondary N) is 1. The summed E-state index contributed by atoms with van der Waals surface area (Å²) in [6, 6.07) is 11.6. The number of carbonyl (C=O) groups excluding carboxylic acids is 1. The molecule has 0 saturated carbocycles. The van der Waals surface area contributed by atoms with Gasteiger partial charge in [-0.1, -0.05) is 6.07 Å². The van der Waals surface area contributed by atoms with Crippen molar-refractivity contribution in [2.75, 3.05) is 45.8 Å². The lowest BCUT2D eigenvalue weighted by Gasteiger charge is -2.26. The first-order valence-corrected chi connectivity index (χ1v) is 9.83. The highest BCUT2D eigenvalue weighted by molar-refractivity contribution is 5.92. The summed E-state index contributed by atoms with van der Waals surface area (Å²) in [5.41, 5.74) is 1.84. The van der Waals surface area contributed by atoms with Crippen molar-refractivity contribution in [1.29, 1.82) is 0 Å². The van der Waals surface area contributed by atoms with Crippen LogP contribution in [0.5, 0.6) is 23.0 Å². The standard InChI is InChI=1S/C22H26N2O5/c1-26-18-8-6-16(13-20(18)27-2)23-22(25)14-24-9-3-4-17(24)15-5-7-19-21(12-15)29-11-10-28-19/h5-8,12-13,17H,3-4,9-11,14H2,1-2H3,(H,23,25)/t17-/m0/s1. The molecule has 2 aromatic rings. The molecular weight excluding hydrogens is 372 g/mol. The number of nitrogens with zero attached hydrogens (tertiary/aromatic N) is 1. The van der Waals surface area contributed by atoms with Crippen LogP contribution in [0.1, 0.15) is 24.4 Å². The van der Waals surface area contributed by atoms with Crippen LogP contribution < -0.4 is 24.3 Å². The summed E-state index contributed by atoms with van der Waals surface area (Å²) in [4.78, 5) is 14.9. The molecule has 0 aliphatic carbocycles. The van der Waals surface area contributed by atoms with E-state index in [2.05, 4.69) is 16.3 Å². The summed E-state index contributed by atoms with van der Waals surface area (Å²) < 4.78 is 21.9. The SMILES string of the molecule is COc1ccc(NC(=O)CN2CCC[C@H]2c2ccc3c(c2)OCCO3)cc1OC. The second-order valence-corrected chi connectivity index (χ2v) is 7.15. The van der Waals surface area contributed by atoms with Crippen LogP contribution in [0.3, 0.4) is 0 Å². The van der Waals surface area contributed by atoms with E-state index in [1.165, 1.54) is 0 Å². The van der Waals surface area contributed by atoms with Crippen molar-refractivity contribution in [3.63, 3.8) is 0 Å². The fourth-order valence-electron chi connectivity index (χ4n) is 3.96. The second-order valence-electron chi connectivity index (χ2n) is 7.15. The largest absolute Gasteiger partial charge is 0.493 e. The molecule has 7 nitrogen and oxygen atoms in total. The molecule has 0 spiro atoms. The molecule has 0 radical (unpaired) electrons. The minimum atomic E-state index is -0.0540. The van der Waals surface area contributed by atoms with Gasteiger partial charge in [0.15, 0.2) is 23.0 Å². The van der Waals surface area contributed by atoms with Gasteiger partial charge in [-0.15, -0.1) is 0 Å². The monoisotopic (exact) mass is 398 g/mol. The smallest absolute Gasteiger partial charge is 0.238 e. The molecule has 2 aliphatic rings. The molecule has 154 valence electrons. The maximum absolute atomic E-state index is 12.7. The molecule has 0 aromatic heterocycles. The van der Waals surface area contributed by atoms with Crippen molar-refractivity contribution in [3.05, 3.63) is 42.0 Å². The third-order valence-electron chi connectivity index (χ3n) is 5.33. The van der Waals surface area contributed by atoms with E-state index in [1.807, 2.05) is 18.2 Å². The molecule has 0 bridgehead atoms. The summed E-state index contributed by atoms with van der Waals surface area (Å²) in [5.74, 6) is 2.73. The van der Waals surface area contributed by atoms with Crippen molar-refractivity contribution in [2.45, 2.75) is 18.9 Å². The normalized spacial score (nSPS) is 18.3. The Morgan fingerprint density at radius 3 is 2.66 bits per heavy atom. The number of fused-ring (bicyclic) bond motifs is 1. The van der Waals surface area contributed by atoms with Crippen molar-refractivity contribution < 1.29 is 23.7 Å². The molecule has 1 fully saturated rings. The van der Waals surface area contributed by atoms with Gasteiger partial charge in [0.05, 0.1) is 20.8 Å². The first-order chi connectivity index (χ1) is 14.2. The number of methoxy groups -OCH3 is 2. The average Bonchev–Trinajstić information content (AvgIpc) is 3.21. The highest BCUT2D eigenvalue weighted by Crippen LogP contribution is 2.38. The van der Waals surface area contributed by atoms with Gasteiger partial charge in [0.1, 0.15) is 13.2 Å². The van der Waals surface area contributed by atoms with Crippen molar-refractivity contribution in [3.8, 4) is 23.0 Å². The Balaban J connectivity index is 1.42. The van der Waals surface area contributed by atoms with Gasteiger partial charge in [0, 0.05) is 17.8 Å². The van der Waals surface area contributed by atoms with Crippen LogP contribution in [0.25, 0.3) is 0 Å². The van der Waals surface area contributed by atoms with Gasteiger partial charge in [-0.3, -0.25) is 9.69 Å². The van der Waals surface area contributed by atoms with Crippen LogP contribution in [0.15, 0.2) is 36.4 Å². The first-order valence-electron chi connectivity index (χ1n) is 9.83. The van der Waals surface area contributed by atoms with Crippen LogP contribution in [0.2, 0.25) is 0 Å². The van der Waals surface area contributed by atoms with E-state index in [9.17, 15) is 4.79 Å². The minimum absolute atomic E-state index is 0.0540. The molecule has 2 aliphatic heterocycles. The van der Waals surface area contributed by atoms with Crippen LogP contribution in [0, 0.1) is 0 Å². The van der Waals surface area contributed by atoms with E-state index < -0.39 is 0 Å². The Bertz CT molecular complexity index is 886. The van der Waals surface area contributed by atoms with Crippen LogP contribution in [0.4, 0.5) is 5.69 Å². The molecule has 29 heavy (non-hydrogen) atoms. The van der Waals surface area contributed by atoms with Crippen molar-refractivity contribution in [2.24, 2.45) is 0 Å². The number of hydrogen-bond donors (Lipinski definition) is 1. The van der Waals surface area contributed by atoms with Gasteiger partial charge in [0.2, 0.25) is 5.91 Å². The van der Waals surface area contributed by atoms with Gasteiger partial charge in [-0.05, 0) is 49.2 Å². The van der Waals surface area contributed by atoms with Crippen molar-refractivity contribution >= 4 is 11.6 Å². The number of benzene rings is 2. The second kappa shape index (κ2) is 8.61. The van der Waals surface area contributed by atoms with Crippen LogP contribution in [-0.4, -0.2) is 51.3 Å². The quantitative estimate of drug-likeness (QED) is 0.806. The average molecular weight is 398 g/mol. The highest BCUT2D eigenvalue weighted by atomic mass is 16.6. The molecule has 1 N–H and O–H groups in total. The number of ether oxygens (including phenoxy) is 4. The van der Waals surface area contributed by atoms with Crippen LogP contribution >= 0.6 is 0 Å². The zero-order valence-electron chi connectivity index (χ0n) is 16.8. The highest BCUT2D eigenvalue weighted by Gasteiger charge is 2.28. The Kier molecular flexibility index (Phi) is 5.76. The summed E-state index contributed by atoms with van der Waals surface area (Å²) in [6.45, 7) is 2.36. The maximum atomic E-state index is 12.7. The summed E-state index contributed by atoms with van der Waals surface area (Å²) in [5, 5.41) is 2.96. The van der Waals surface area contributed by atoms with E-state index in [-0.39, 0.29) is 11.9 Å². The zero-order valence-corrected chi connectivity index (χ0v) is 16.8. The Hall–Kier alpha value is -2.93. The molecule has 1 atom stereocenters. The lowest BCUT2D eigenvalue weighted by atomic mass is 10.0. The van der Waals surface area contributed by atoms with Gasteiger partial charge < -0.3 is 24.3 Å². The third kappa shape index (κ3) is 4.24. The predicted octanol–water partition coefficient (Wildman–Crippen LogP) is 3.25. The third-order valence-corrected chi connectivity index (χ3v) is 5.33. The molecule has 7 heteroatoms. The van der Waals surface area contributed by atoms with E-state index >= 15 is 0 Å². The Morgan fingerprint density at radius 2 is 1.86 bits per heavy atom. The summed E-state index contributed by atoms with van der Waals surface area (Å²) in [6.07, 6.45) is 2.08. The predicted molar refractivity (Wildman–Crippen MR) is 109 cm³/mol.